The van der Waals surface area contributed by atoms with Gasteiger partial charge in [-0.05, 0) is 0 Å². The first-order valence-electron chi connectivity index (χ1n) is 5.01. The number of nitrogens with zero attached hydrogens (tertiary/aromatic N) is 5. The van der Waals surface area contributed by atoms with Crippen LogP contribution in [0.2, 0.25) is 0 Å². The van der Waals surface area contributed by atoms with Gasteiger partial charge in [0.15, 0.2) is 0 Å². The summed E-state index contributed by atoms with van der Waals surface area (Å²) in [7, 11) is 0. The summed E-state index contributed by atoms with van der Waals surface area (Å²) >= 11 is 0. The number of nitrogens with one attached hydrogen (secondary N) is 1. The summed E-state index contributed by atoms with van der Waals surface area (Å²) in [6.45, 7) is -0.219. The molecule has 94 valence electrons. The van der Waals surface area contributed by atoms with Crippen LogP contribution in [-0.4, -0.2) is 41.8 Å². The lowest BCUT2D eigenvalue weighted by atomic mass is 10.5. The second-order valence-corrected chi connectivity index (χ2v) is 3.47. The number of anilines is 1. The molecule has 9 nitrogen and oxygen atoms in total. The van der Waals surface area contributed by atoms with E-state index in [0.717, 1.165) is 0 Å². The van der Waals surface area contributed by atoms with Crippen LogP contribution in [-0.2, 0) is 22.7 Å². The molecule has 0 saturated carbocycles. The zero-order valence-electron chi connectivity index (χ0n) is 9.22. The van der Waals surface area contributed by atoms with Crippen molar-refractivity contribution >= 4 is 17.6 Å². The van der Waals surface area contributed by atoms with Crippen LogP contribution in [0.25, 0.3) is 0 Å². The van der Waals surface area contributed by atoms with Crippen molar-refractivity contribution in [2.45, 2.75) is 13.1 Å². The number of rotatable bonds is 5. The third kappa shape index (κ3) is 3.14. The predicted octanol–water partition coefficient (Wildman–Crippen LogP) is -0.802. The molecule has 0 atom stereocenters. The van der Waals surface area contributed by atoms with Gasteiger partial charge in [-0.3, -0.25) is 14.3 Å². The molecule has 2 rings (SSSR count). The number of amides is 1. The van der Waals surface area contributed by atoms with Crippen LogP contribution >= 0.6 is 0 Å². The highest BCUT2D eigenvalue weighted by Gasteiger charge is 2.07. The van der Waals surface area contributed by atoms with E-state index in [-0.39, 0.29) is 19.0 Å². The Hall–Kier alpha value is -2.71. The molecular formula is C9H10N6O3. The van der Waals surface area contributed by atoms with Gasteiger partial charge in [-0.15, -0.1) is 5.10 Å². The van der Waals surface area contributed by atoms with E-state index in [4.69, 9.17) is 5.11 Å². The minimum atomic E-state index is -1.00. The van der Waals surface area contributed by atoms with Gasteiger partial charge in [0.2, 0.25) is 5.91 Å². The summed E-state index contributed by atoms with van der Waals surface area (Å²) < 4.78 is 2.59. The largest absolute Gasteiger partial charge is 0.480 e. The molecule has 0 aliphatic carbocycles. The lowest BCUT2D eigenvalue weighted by Gasteiger charge is -2.01. The second-order valence-electron chi connectivity index (χ2n) is 3.47. The minimum Gasteiger partial charge on any atom is -0.480 e. The molecule has 2 aromatic rings. The lowest BCUT2D eigenvalue weighted by molar-refractivity contribution is -0.137. The Labute approximate surface area is 101 Å². The van der Waals surface area contributed by atoms with Gasteiger partial charge in [0.1, 0.15) is 13.1 Å². The van der Waals surface area contributed by atoms with Crippen LogP contribution in [0.4, 0.5) is 5.69 Å². The molecule has 9 heteroatoms. The number of aliphatic carboxylic acids is 1. The van der Waals surface area contributed by atoms with Gasteiger partial charge < -0.3 is 10.4 Å². The number of carbonyl (C=O) groups is 2. The molecule has 0 bridgehead atoms. The maximum Gasteiger partial charge on any atom is 0.325 e. The maximum absolute atomic E-state index is 11.6. The zero-order chi connectivity index (χ0) is 13.0. The van der Waals surface area contributed by atoms with E-state index in [0.29, 0.717) is 5.69 Å². The minimum absolute atomic E-state index is 0.0319. The number of carboxylic acid groups (broad SMARTS) is 1. The molecule has 0 saturated heterocycles. The standard InChI is InChI=1S/C9H10N6O3/c16-8(5-14-2-1-10-13-14)12-7-3-11-15(4-7)6-9(17)18/h1-4H,5-6H2,(H,12,16)(H,17,18). The number of hydrogen-bond acceptors (Lipinski definition) is 5. The monoisotopic (exact) mass is 250 g/mol. The van der Waals surface area contributed by atoms with Crippen molar-refractivity contribution in [1.29, 1.82) is 0 Å². The molecule has 0 spiro atoms. The molecule has 18 heavy (non-hydrogen) atoms. The summed E-state index contributed by atoms with van der Waals surface area (Å²) in [4.78, 5) is 22.0. The number of hydrogen-bond donors (Lipinski definition) is 2. The summed E-state index contributed by atoms with van der Waals surface area (Å²) in [6, 6.07) is 0. The van der Waals surface area contributed by atoms with Crippen molar-refractivity contribution in [2.24, 2.45) is 0 Å². The average molecular weight is 250 g/mol. The van der Waals surface area contributed by atoms with Gasteiger partial charge in [-0.1, -0.05) is 5.21 Å². The summed E-state index contributed by atoms with van der Waals surface area (Å²) in [6.07, 6.45) is 5.85. The molecule has 0 radical (unpaired) electrons. The van der Waals surface area contributed by atoms with Crippen molar-refractivity contribution in [1.82, 2.24) is 24.8 Å². The average Bonchev–Trinajstić information content (AvgIpc) is 2.89. The predicted molar refractivity (Wildman–Crippen MR) is 58.5 cm³/mol. The van der Waals surface area contributed by atoms with Gasteiger partial charge >= 0.3 is 5.97 Å². The summed E-state index contributed by atoms with van der Waals surface area (Å²) in [5, 5.41) is 22.1. The SMILES string of the molecule is O=C(O)Cn1cc(NC(=O)Cn2ccnn2)cn1. The van der Waals surface area contributed by atoms with E-state index in [2.05, 4.69) is 20.7 Å². The van der Waals surface area contributed by atoms with Crippen molar-refractivity contribution in [2.75, 3.05) is 5.32 Å². The normalized spacial score (nSPS) is 10.2. The highest BCUT2D eigenvalue weighted by molar-refractivity contribution is 5.90. The number of aromatic nitrogens is 5. The van der Waals surface area contributed by atoms with E-state index >= 15 is 0 Å². The van der Waals surface area contributed by atoms with Crippen LogP contribution in [0, 0.1) is 0 Å². The summed E-state index contributed by atoms with van der Waals surface area (Å²) in [5.41, 5.74) is 0.432. The van der Waals surface area contributed by atoms with Gasteiger partial charge in [-0.25, -0.2) is 4.68 Å². The molecule has 0 aromatic carbocycles. The van der Waals surface area contributed by atoms with Gasteiger partial charge in [0, 0.05) is 12.4 Å². The Kier molecular flexibility index (Phi) is 3.32. The second kappa shape index (κ2) is 5.08. The highest BCUT2D eigenvalue weighted by Crippen LogP contribution is 2.04. The molecule has 0 unspecified atom stereocenters. The van der Waals surface area contributed by atoms with Crippen LogP contribution in [0.1, 0.15) is 0 Å². The molecular weight excluding hydrogens is 240 g/mol. The van der Waals surface area contributed by atoms with Gasteiger partial charge in [0.25, 0.3) is 0 Å². The lowest BCUT2D eigenvalue weighted by Crippen LogP contribution is -2.18. The fourth-order valence-electron chi connectivity index (χ4n) is 1.32. The third-order valence-electron chi connectivity index (χ3n) is 1.99. The third-order valence-corrected chi connectivity index (χ3v) is 1.99. The van der Waals surface area contributed by atoms with E-state index in [1.54, 1.807) is 6.20 Å². The van der Waals surface area contributed by atoms with Crippen LogP contribution in [0.15, 0.2) is 24.8 Å². The van der Waals surface area contributed by atoms with Crippen molar-refractivity contribution < 1.29 is 14.7 Å². The van der Waals surface area contributed by atoms with Crippen molar-refractivity contribution in [3.63, 3.8) is 0 Å². The van der Waals surface area contributed by atoms with Crippen LogP contribution in [0.5, 0.6) is 0 Å². The molecule has 2 N–H and O–H groups in total. The van der Waals surface area contributed by atoms with Gasteiger partial charge in [-0.2, -0.15) is 5.10 Å². The smallest absolute Gasteiger partial charge is 0.325 e. The number of carboxylic acids is 1. The summed E-state index contributed by atoms with van der Waals surface area (Å²) in [5.74, 6) is -1.30. The Morgan fingerprint density at radius 3 is 2.83 bits per heavy atom. The van der Waals surface area contributed by atoms with Crippen molar-refractivity contribution in [3.8, 4) is 0 Å². The molecule has 0 fully saturated rings. The maximum atomic E-state index is 11.6. The van der Waals surface area contributed by atoms with Crippen molar-refractivity contribution in [3.05, 3.63) is 24.8 Å². The molecule has 0 aliphatic rings. The Morgan fingerprint density at radius 1 is 1.33 bits per heavy atom. The van der Waals surface area contributed by atoms with Gasteiger partial charge in [0.05, 0.1) is 18.1 Å². The molecule has 1 amide bonds. The fraction of sp³-hybridized carbons (Fsp3) is 0.222. The van der Waals surface area contributed by atoms with E-state index in [1.165, 1.54) is 28.0 Å². The first kappa shape index (κ1) is 11.8. The first-order valence-corrected chi connectivity index (χ1v) is 5.01. The van der Waals surface area contributed by atoms with E-state index < -0.39 is 5.97 Å². The fourth-order valence-corrected chi connectivity index (χ4v) is 1.32. The quantitative estimate of drug-likeness (QED) is 0.717. The zero-order valence-corrected chi connectivity index (χ0v) is 9.22. The Morgan fingerprint density at radius 2 is 2.17 bits per heavy atom. The number of carbonyl (C=O) groups excluding carboxylic acids is 1. The molecule has 2 heterocycles. The Bertz CT molecular complexity index is 546. The first-order chi connectivity index (χ1) is 8.63. The van der Waals surface area contributed by atoms with E-state index in [9.17, 15) is 9.59 Å². The highest BCUT2D eigenvalue weighted by atomic mass is 16.4. The topological polar surface area (TPSA) is 115 Å². The molecule has 0 aliphatic heterocycles. The Balaban J connectivity index is 1.91. The van der Waals surface area contributed by atoms with Crippen LogP contribution in [0.3, 0.4) is 0 Å². The van der Waals surface area contributed by atoms with Crippen LogP contribution < -0.4 is 5.32 Å². The van der Waals surface area contributed by atoms with E-state index in [1.807, 2.05) is 0 Å². The molecule has 2 aromatic heterocycles.